The van der Waals surface area contributed by atoms with Gasteiger partial charge in [0.15, 0.2) is 0 Å². The molecule has 0 heterocycles. The van der Waals surface area contributed by atoms with Gasteiger partial charge in [0.2, 0.25) is 0 Å². The first-order chi connectivity index (χ1) is 10.7. The summed E-state index contributed by atoms with van der Waals surface area (Å²) >= 11 is 0. The van der Waals surface area contributed by atoms with E-state index in [0.29, 0.717) is 18.0 Å². The minimum Gasteiger partial charge on any atom is -0.508 e. The zero-order valence-electron chi connectivity index (χ0n) is 13.1. The lowest BCUT2D eigenvalue weighted by atomic mass is 9.63. The van der Waals surface area contributed by atoms with Gasteiger partial charge in [0, 0.05) is 6.42 Å². The number of aryl methyl sites for hydroxylation is 1. The third-order valence-electron chi connectivity index (χ3n) is 5.77. The summed E-state index contributed by atoms with van der Waals surface area (Å²) in [6.45, 7) is 2.18. The lowest BCUT2D eigenvalue weighted by Gasteiger charge is -2.40. The number of allylic oxidation sites excluding steroid dienone is 4. The van der Waals surface area contributed by atoms with Crippen molar-refractivity contribution in [3.8, 4) is 5.75 Å². The summed E-state index contributed by atoms with van der Waals surface area (Å²) in [7, 11) is 0. The molecule has 0 saturated heterocycles. The number of aromatic hydroxyl groups is 1. The molecule has 4 rings (SSSR count). The molecule has 0 amide bonds. The highest BCUT2D eigenvalue weighted by atomic mass is 16.3. The van der Waals surface area contributed by atoms with Crippen LogP contribution >= 0.6 is 0 Å². The van der Waals surface area contributed by atoms with E-state index in [9.17, 15) is 9.90 Å². The molecule has 0 aliphatic heterocycles. The summed E-state index contributed by atoms with van der Waals surface area (Å²) < 4.78 is 0. The Kier molecular flexibility index (Phi) is 3.04. The molecular formula is C20H22O2. The summed E-state index contributed by atoms with van der Waals surface area (Å²) in [6, 6.07) is 5.75. The van der Waals surface area contributed by atoms with Crippen LogP contribution in [0.3, 0.4) is 0 Å². The zero-order valence-corrected chi connectivity index (χ0v) is 13.1. The van der Waals surface area contributed by atoms with Crippen LogP contribution in [0.5, 0.6) is 5.75 Å². The third kappa shape index (κ3) is 1.76. The van der Waals surface area contributed by atoms with Crippen molar-refractivity contribution in [2.24, 2.45) is 5.41 Å². The van der Waals surface area contributed by atoms with Crippen LogP contribution in [0.25, 0.3) is 5.57 Å². The molecule has 0 aromatic heterocycles. The molecule has 1 atom stereocenters. The second kappa shape index (κ2) is 4.84. The predicted molar refractivity (Wildman–Crippen MR) is 87.6 cm³/mol. The number of hydrogen-bond acceptors (Lipinski definition) is 2. The molecular weight excluding hydrogens is 272 g/mol. The molecule has 0 fully saturated rings. The van der Waals surface area contributed by atoms with Gasteiger partial charge in [-0.05, 0) is 72.1 Å². The molecule has 0 saturated carbocycles. The van der Waals surface area contributed by atoms with Gasteiger partial charge in [0.1, 0.15) is 11.5 Å². The Morgan fingerprint density at radius 2 is 2.05 bits per heavy atom. The van der Waals surface area contributed by atoms with Crippen molar-refractivity contribution in [2.45, 2.75) is 51.9 Å². The summed E-state index contributed by atoms with van der Waals surface area (Å²) in [4.78, 5) is 12.6. The van der Waals surface area contributed by atoms with Crippen LogP contribution < -0.4 is 0 Å². The SMILES string of the molecule is CCC[C@]12CCC3=C(CCc4cc(O)ccc43)C1=CCC2=O. The molecule has 0 bridgehead atoms. The lowest BCUT2D eigenvalue weighted by Crippen LogP contribution is -2.33. The van der Waals surface area contributed by atoms with Gasteiger partial charge in [0.05, 0.1) is 5.41 Å². The van der Waals surface area contributed by atoms with Crippen LogP contribution in [0.4, 0.5) is 0 Å². The summed E-state index contributed by atoms with van der Waals surface area (Å²) in [5, 5.41) is 9.71. The quantitative estimate of drug-likeness (QED) is 0.867. The molecule has 3 aliphatic carbocycles. The number of fused-ring (bicyclic) bond motifs is 4. The molecule has 114 valence electrons. The Morgan fingerprint density at radius 1 is 1.18 bits per heavy atom. The number of phenolic OH excluding ortho intramolecular Hbond substituents is 1. The van der Waals surface area contributed by atoms with Crippen LogP contribution in [0.2, 0.25) is 0 Å². The fourth-order valence-corrected chi connectivity index (χ4v) is 4.82. The van der Waals surface area contributed by atoms with Gasteiger partial charge in [-0.3, -0.25) is 4.79 Å². The summed E-state index contributed by atoms with van der Waals surface area (Å²) in [5.74, 6) is 0.793. The van der Waals surface area contributed by atoms with Crippen molar-refractivity contribution < 1.29 is 9.90 Å². The highest BCUT2D eigenvalue weighted by molar-refractivity contribution is 5.97. The van der Waals surface area contributed by atoms with Crippen LogP contribution in [0.15, 0.2) is 35.4 Å². The number of carbonyl (C=O) groups excluding carboxylic acids is 1. The van der Waals surface area contributed by atoms with Gasteiger partial charge in [-0.1, -0.05) is 25.5 Å². The maximum absolute atomic E-state index is 12.6. The molecule has 0 radical (unpaired) electrons. The van der Waals surface area contributed by atoms with Crippen LogP contribution in [-0.4, -0.2) is 10.9 Å². The van der Waals surface area contributed by atoms with Gasteiger partial charge in [-0.15, -0.1) is 0 Å². The number of benzene rings is 1. The van der Waals surface area contributed by atoms with Gasteiger partial charge in [0.25, 0.3) is 0 Å². The number of ketones is 1. The van der Waals surface area contributed by atoms with E-state index in [4.69, 9.17) is 0 Å². The second-order valence-electron chi connectivity index (χ2n) is 6.88. The lowest BCUT2D eigenvalue weighted by molar-refractivity contribution is -0.125. The number of hydrogen-bond donors (Lipinski definition) is 1. The average molecular weight is 294 g/mol. The van der Waals surface area contributed by atoms with Crippen molar-refractivity contribution in [3.05, 3.63) is 46.5 Å². The Hall–Kier alpha value is -1.83. The Balaban J connectivity index is 1.84. The highest BCUT2D eigenvalue weighted by Crippen LogP contribution is 2.56. The molecule has 3 aliphatic rings. The smallest absolute Gasteiger partial charge is 0.147 e. The van der Waals surface area contributed by atoms with Crippen molar-refractivity contribution in [1.29, 1.82) is 0 Å². The highest BCUT2D eigenvalue weighted by Gasteiger charge is 2.48. The first-order valence-electron chi connectivity index (χ1n) is 8.44. The molecule has 1 aromatic carbocycles. The van der Waals surface area contributed by atoms with E-state index in [1.807, 2.05) is 6.07 Å². The molecule has 2 heteroatoms. The Bertz CT molecular complexity index is 723. The van der Waals surface area contributed by atoms with Gasteiger partial charge in [-0.25, -0.2) is 0 Å². The van der Waals surface area contributed by atoms with Crippen molar-refractivity contribution in [3.63, 3.8) is 0 Å². The van der Waals surface area contributed by atoms with Crippen LogP contribution in [-0.2, 0) is 11.2 Å². The molecule has 22 heavy (non-hydrogen) atoms. The standard InChI is InChI=1S/C20H22O2/c1-2-10-20-11-9-16-15-6-4-14(21)12-13(15)3-5-17(16)18(20)7-8-19(20)22/h4,6-7,12,21H,2-3,5,8-11H2,1H3/t20-/m0/s1. The Labute approximate surface area is 131 Å². The maximum atomic E-state index is 12.6. The number of Topliss-reactive ketones (excluding diaryl/α,β-unsaturated/α-hetero) is 1. The monoisotopic (exact) mass is 294 g/mol. The average Bonchev–Trinajstić information content (AvgIpc) is 2.84. The first-order valence-corrected chi connectivity index (χ1v) is 8.44. The van der Waals surface area contributed by atoms with Gasteiger partial charge in [-0.2, -0.15) is 0 Å². The minimum atomic E-state index is -0.179. The van der Waals surface area contributed by atoms with Crippen molar-refractivity contribution in [2.75, 3.05) is 0 Å². The van der Waals surface area contributed by atoms with E-state index in [2.05, 4.69) is 19.1 Å². The molecule has 1 N–H and O–H groups in total. The van der Waals surface area contributed by atoms with Gasteiger partial charge < -0.3 is 5.11 Å². The third-order valence-corrected chi connectivity index (χ3v) is 5.77. The van der Waals surface area contributed by atoms with E-state index < -0.39 is 0 Å². The topological polar surface area (TPSA) is 37.3 Å². The van der Waals surface area contributed by atoms with E-state index in [1.54, 1.807) is 6.07 Å². The Morgan fingerprint density at radius 3 is 2.86 bits per heavy atom. The van der Waals surface area contributed by atoms with E-state index in [1.165, 1.54) is 27.8 Å². The van der Waals surface area contributed by atoms with Crippen molar-refractivity contribution in [1.82, 2.24) is 0 Å². The largest absolute Gasteiger partial charge is 0.508 e. The number of phenols is 1. The number of carbonyl (C=O) groups is 1. The first kappa shape index (κ1) is 13.8. The van der Waals surface area contributed by atoms with E-state index >= 15 is 0 Å². The fraction of sp³-hybridized carbons (Fsp3) is 0.450. The fourth-order valence-electron chi connectivity index (χ4n) is 4.82. The zero-order chi connectivity index (χ0) is 15.3. The van der Waals surface area contributed by atoms with Crippen LogP contribution in [0.1, 0.15) is 56.6 Å². The van der Waals surface area contributed by atoms with E-state index in [0.717, 1.165) is 38.5 Å². The molecule has 1 aromatic rings. The van der Waals surface area contributed by atoms with Crippen molar-refractivity contribution >= 4 is 11.4 Å². The molecule has 0 unspecified atom stereocenters. The minimum absolute atomic E-state index is 0.179. The predicted octanol–water partition coefficient (Wildman–Crippen LogP) is 4.57. The maximum Gasteiger partial charge on any atom is 0.147 e. The molecule has 0 spiro atoms. The normalized spacial score (nSPS) is 26.4. The number of rotatable bonds is 2. The van der Waals surface area contributed by atoms with E-state index in [-0.39, 0.29) is 5.41 Å². The molecule has 2 nitrogen and oxygen atoms in total. The second-order valence-corrected chi connectivity index (χ2v) is 6.88. The summed E-state index contributed by atoms with van der Waals surface area (Å²) in [6.07, 6.45) is 8.83. The summed E-state index contributed by atoms with van der Waals surface area (Å²) in [5.41, 5.74) is 6.58. The van der Waals surface area contributed by atoms with Gasteiger partial charge >= 0.3 is 0 Å². The van der Waals surface area contributed by atoms with Crippen LogP contribution in [0, 0.1) is 5.41 Å².